The van der Waals surface area contributed by atoms with Crippen molar-refractivity contribution in [3.8, 4) is 11.1 Å². The van der Waals surface area contributed by atoms with Gasteiger partial charge >= 0.3 is 12.1 Å². The first-order valence-corrected chi connectivity index (χ1v) is 11.7. The summed E-state index contributed by atoms with van der Waals surface area (Å²) in [5.74, 6) is -2.03. The lowest BCUT2D eigenvalue weighted by atomic mass is 9.84. The van der Waals surface area contributed by atoms with Crippen LogP contribution in [0.2, 0.25) is 0 Å². The van der Waals surface area contributed by atoms with E-state index in [2.05, 4.69) is 29.3 Å². The van der Waals surface area contributed by atoms with Crippen LogP contribution in [0.4, 0.5) is 4.79 Å². The number of alkyl carbamates (subject to hydrolysis) is 1. The van der Waals surface area contributed by atoms with E-state index in [0.29, 0.717) is 12.8 Å². The van der Waals surface area contributed by atoms with Gasteiger partial charge in [0.15, 0.2) is 0 Å². The number of benzene rings is 2. The molecule has 2 aliphatic rings. The van der Waals surface area contributed by atoms with Gasteiger partial charge in [0.2, 0.25) is 5.91 Å². The molecule has 2 aromatic rings. The lowest BCUT2D eigenvalue weighted by Gasteiger charge is -2.30. The highest BCUT2D eigenvalue weighted by molar-refractivity contribution is 5.86. The van der Waals surface area contributed by atoms with Crippen molar-refractivity contribution in [1.29, 1.82) is 0 Å². The summed E-state index contributed by atoms with van der Waals surface area (Å²) in [6.07, 6.45) is 3.89. The predicted octanol–water partition coefficient (Wildman–Crippen LogP) is 4.23. The molecule has 178 valence electrons. The second-order valence-electron chi connectivity index (χ2n) is 8.89. The molecule has 0 radical (unpaired) electrons. The molecular weight excluding hydrogens is 432 g/mol. The zero-order valence-electron chi connectivity index (χ0n) is 19.0. The van der Waals surface area contributed by atoms with Crippen molar-refractivity contribution >= 4 is 18.0 Å². The molecule has 4 rings (SSSR count). The largest absolute Gasteiger partial charge is 0.481 e. The van der Waals surface area contributed by atoms with Crippen LogP contribution in [0.1, 0.15) is 49.1 Å². The van der Waals surface area contributed by atoms with Gasteiger partial charge in [-0.1, -0.05) is 67.4 Å². The topological polar surface area (TPSA) is 105 Å². The third kappa shape index (κ3) is 4.98. The van der Waals surface area contributed by atoms with Gasteiger partial charge in [-0.05, 0) is 41.5 Å². The van der Waals surface area contributed by atoms with Gasteiger partial charge < -0.3 is 20.5 Å². The number of carbonyl (C=O) groups excluding carboxylic acids is 2. The summed E-state index contributed by atoms with van der Waals surface area (Å²) in [5.41, 5.74) is 4.48. The summed E-state index contributed by atoms with van der Waals surface area (Å²) in [5, 5.41) is 14.9. The van der Waals surface area contributed by atoms with E-state index in [1.54, 1.807) is 6.08 Å². The number of nitrogens with one attached hydrogen (secondary N) is 2. The van der Waals surface area contributed by atoms with E-state index < -0.39 is 36.0 Å². The Balaban J connectivity index is 1.38. The van der Waals surface area contributed by atoms with Crippen LogP contribution in [0.5, 0.6) is 0 Å². The number of carboxylic acid groups (broad SMARTS) is 1. The van der Waals surface area contributed by atoms with E-state index >= 15 is 0 Å². The fraction of sp³-hybridized carbons (Fsp3) is 0.370. The summed E-state index contributed by atoms with van der Waals surface area (Å²) in [6, 6.07) is 14.8. The Kier molecular flexibility index (Phi) is 7.30. The Morgan fingerprint density at radius 1 is 1.03 bits per heavy atom. The van der Waals surface area contributed by atoms with Crippen molar-refractivity contribution in [3.63, 3.8) is 0 Å². The first kappa shape index (κ1) is 23.5. The smallest absolute Gasteiger partial charge is 0.407 e. The van der Waals surface area contributed by atoms with E-state index in [1.807, 2.05) is 36.4 Å². The minimum absolute atomic E-state index is 0.0802. The van der Waals surface area contributed by atoms with Crippen LogP contribution in [0.15, 0.2) is 61.2 Å². The Hall–Kier alpha value is -3.61. The Labute approximate surface area is 199 Å². The van der Waals surface area contributed by atoms with Crippen LogP contribution in [0.25, 0.3) is 11.1 Å². The molecule has 7 heteroatoms. The summed E-state index contributed by atoms with van der Waals surface area (Å²) >= 11 is 0. The van der Waals surface area contributed by atoms with Crippen molar-refractivity contribution in [3.05, 3.63) is 72.3 Å². The number of ether oxygens (including phenoxy) is 1. The van der Waals surface area contributed by atoms with Gasteiger partial charge in [0, 0.05) is 12.0 Å². The summed E-state index contributed by atoms with van der Waals surface area (Å²) in [4.78, 5) is 37.1. The van der Waals surface area contributed by atoms with Crippen LogP contribution in [0.3, 0.4) is 0 Å². The van der Waals surface area contributed by atoms with Crippen molar-refractivity contribution < 1.29 is 24.2 Å². The number of carboxylic acids is 1. The molecule has 3 unspecified atom stereocenters. The maximum absolute atomic E-state index is 12.9. The highest BCUT2D eigenvalue weighted by Crippen LogP contribution is 2.44. The Bertz CT molecular complexity index is 1040. The number of hydrogen-bond donors (Lipinski definition) is 3. The lowest BCUT2D eigenvalue weighted by molar-refractivity contribution is -0.144. The van der Waals surface area contributed by atoms with E-state index in [0.717, 1.165) is 35.1 Å². The molecule has 0 bridgehead atoms. The normalized spacial score (nSPS) is 19.9. The van der Waals surface area contributed by atoms with Gasteiger partial charge in [0.1, 0.15) is 12.6 Å². The molecular formula is C27H30N2O5. The summed E-state index contributed by atoms with van der Waals surface area (Å²) in [6.45, 7) is 3.82. The second kappa shape index (κ2) is 10.5. The molecule has 7 nitrogen and oxygen atoms in total. The molecule has 0 saturated heterocycles. The van der Waals surface area contributed by atoms with Gasteiger partial charge in [0.05, 0.1) is 5.92 Å². The monoisotopic (exact) mass is 462 g/mol. The minimum atomic E-state index is -0.908. The van der Waals surface area contributed by atoms with Gasteiger partial charge in [-0.25, -0.2) is 4.79 Å². The molecule has 0 spiro atoms. The van der Waals surface area contributed by atoms with Crippen molar-refractivity contribution in [2.45, 2.75) is 50.1 Å². The van der Waals surface area contributed by atoms with Crippen LogP contribution < -0.4 is 10.6 Å². The molecule has 34 heavy (non-hydrogen) atoms. The zero-order valence-corrected chi connectivity index (χ0v) is 19.0. The fourth-order valence-corrected chi connectivity index (χ4v) is 5.06. The highest BCUT2D eigenvalue weighted by Gasteiger charge is 2.34. The van der Waals surface area contributed by atoms with E-state index in [-0.39, 0.29) is 18.9 Å². The maximum atomic E-state index is 12.9. The first-order chi connectivity index (χ1) is 16.5. The summed E-state index contributed by atoms with van der Waals surface area (Å²) in [7, 11) is 0. The number of aliphatic carboxylic acids is 1. The van der Waals surface area contributed by atoms with Crippen molar-refractivity contribution in [1.82, 2.24) is 10.6 Å². The zero-order chi connectivity index (χ0) is 24.1. The average Bonchev–Trinajstić information content (AvgIpc) is 3.16. The van der Waals surface area contributed by atoms with Gasteiger partial charge in [-0.3, -0.25) is 9.59 Å². The standard InChI is InChI=1S/C27H30N2O5/c1-2-9-24(25(30)28-23-15-8-7-14-21(23)26(31)32)29-27(33)34-16-22-19-12-5-3-10-17(19)18-11-4-6-13-20(18)22/h2-6,10-13,21-24H,1,7-9,14-16H2,(H,28,30)(H,29,33)(H,31,32). The minimum Gasteiger partial charge on any atom is -0.481 e. The Morgan fingerprint density at radius 2 is 1.65 bits per heavy atom. The molecule has 1 saturated carbocycles. The lowest BCUT2D eigenvalue weighted by Crippen LogP contribution is -2.53. The quantitative estimate of drug-likeness (QED) is 0.509. The molecule has 0 aromatic heterocycles. The number of hydrogen-bond acceptors (Lipinski definition) is 4. The fourth-order valence-electron chi connectivity index (χ4n) is 5.06. The van der Waals surface area contributed by atoms with E-state index in [1.165, 1.54) is 0 Å². The summed E-state index contributed by atoms with van der Waals surface area (Å²) < 4.78 is 5.56. The first-order valence-electron chi connectivity index (χ1n) is 11.7. The molecule has 2 amide bonds. The second-order valence-corrected chi connectivity index (χ2v) is 8.89. The molecule has 2 aromatic carbocycles. The van der Waals surface area contributed by atoms with E-state index in [4.69, 9.17) is 4.74 Å². The van der Waals surface area contributed by atoms with Crippen LogP contribution in [-0.2, 0) is 14.3 Å². The SMILES string of the molecule is C=CCC(NC(=O)OCC1c2ccccc2-c2ccccc21)C(=O)NC1CCCCC1C(=O)O. The third-order valence-corrected chi connectivity index (χ3v) is 6.77. The number of carbonyl (C=O) groups is 3. The molecule has 2 aliphatic carbocycles. The number of fused-ring (bicyclic) bond motifs is 3. The third-order valence-electron chi connectivity index (χ3n) is 6.77. The molecule has 0 heterocycles. The average molecular weight is 463 g/mol. The highest BCUT2D eigenvalue weighted by atomic mass is 16.5. The predicted molar refractivity (Wildman–Crippen MR) is 128 cm³/mol. The maximum Gasteiger partial charge on any atom is 0.407 e. The van der Waals surface area contributed by atoms with Gasteiger partial charge in [-0.2, -0.15) is 0 Å². The van der Waals surface area contributed by atoms with Gasteiger partial charge in [-0.15, -0.1) is 6.58 Å². The van der Waals surface area contributed by atoms with Crippen LogP contribution in [0, 0.1) is 5.92 Å². The molecule has 3 atom stereocenters. The van der Waals surface area contributed by atoms with Crippen molar-refractivity contribution in [2.24, 2.45) is 5.92 Å². The van der Waals surface area contributed by atoms with Crippen LogP contribution >= 0.6 is 0 Å². The molecule has 3 N–H and O–H groups in total. The molecule has 1 fully saturated rings. The van der Waals surface area contributed by atoms with Crippen LogP contribution in [-0.4, -0.2) is 41.8 Å². The molecule has 0 aliphatic heterocycles. The van der Waals surface area contributed by atoms with E-state index in [9.17, 15) is 19.5 Å². The number of rotatable bonds is 8. The van der Waals surface area contributed by atoms with Gasteiger partial charge in [0.25, 0.3) is 0 Å². The Morgan fingerprint density at radius 3 is 2.26 bits per heavy atom. The number of amides is 2. The van der Waals surface area contributed by atoms with Crippen molar-refractivity contribution in [2.75, 3.05) is 6.61 Å².